The highest BCUT2D eigenvalue weighted by molar-refractivity contribution is 7.87. The van der Waals surface area contributed by atoms with Crippen LogP contribution in [0.5, 0.6) is 0 Å². The number of carbonyl (C=O) groups is 1. The summed E-state index contributed by atoms with van der Waals surface area (Å²) in [7, 11) is -3.55. The topological polar surface area (TPSA) is 66.5 Å². The molecule has 5 nitrogen and oxygen atoms in total. The molecule has 0 aromatic heterocycles. The summed E-state index contributed by atoms with van der Waals surface area (Å²) in [4.78, 5) is 11.9. The van der Waals surface area contributed by atoms with Crippen molar-refractivity contribution in [3.63, 3.8) is 0 Å². The molecular weight excluding hydrogens is 276 g/mol. The first-order valence-corrected chi connectivity index (χ1v) is 8.26. The molecule has 0 saturated carbocycles. The van der Waals surface area contributed by atoms with E-state index in [1.165, 1.54) is 4.31 Å². The molecule has 1 fully saturated rings. The minimum absolute atomic E-state index is 0.196. The van der Waals surface area contributed by atoms with Gasteiger partial charge >= 0.3 is 0 Å². The Bertz CT molecular complexity index is 549. The molecule has 1 saturated heterocycles. The molecule has 0 atom stereocenters. The Morgan fingerprint density at radius 2 is 1.85 bits per heavy atom. The van der Waals surface area contributed by atoms with Crippen molar-refractivity contribution < 1.29 is 13.2 Å². The van der Waals surface area contributed by atoms with E-state index in [0.29, 0.717) is 24.6 Å². The normalized spacial score (nSPS) is 18.1. The molecule has 0 aliphatic carbocycles. The third kappa shape index (κ3) is 3.88. The fraction of sp³-hybridized carbons (Fsp3) is 0.500. The lowest BCUT2D eigenvalue weighted by Crippen LogP contribution is -2.46. The molecule has 2 rings (SSSR count). The molecule has 1 aromatic rings. The Balaban J connectivity index is 1.91. The molecule has 20 heavy (non-hydrogen) atoms. The summed E-state index contributed by atoms with van der Waals surface area (Å²) in [6.07, 6.45) is 1.74. The summed E-state index contributed by atoms with van der Waals surface area (Å²) in [5.41, 5.74) is 0.516. The average molecular weight is 296 g/mol. The molecule has 0 amide bonds. The van der Waals surface area contributed by atoms with Gasteiger partial charge in [-0.05, 0) is 18.8 Å². The van der Waals surface area contributed by atoms with Crippen molar-refractivity contribution >= 4 is 16.0 Å². The molecule has 0 spiro atoms. The van der Waals surface area contributed by atoms with Crippen LogP contribution in [0.2, 0.25) is 0 Å². The van der Waals surface area contributed by atoms with Gasteiger partial charge < -0.3 is 0 Å². The van der Waals surface area contributed by atoms with Crippen LogP contribution in [0.25, 0.3) is 0 Å². The van der Waals surface area contributed by atoms with Crippen molar-refractivity contribution in [2.24, 2.45) is 5.92 Å². The molecule has 6 heteroatoms. The van der Waals surface area contributed by atoms with E-state index >= 15 is 0 Å². The first-order chi connectivity index (χ1) is 9.49. The molecule has 0 bridgehead atoms. The second kappa shape index (κ2) is 6.47. The van der Waals surface area contributed by atoms with Gasteiger partial charge in [0.15, 0.2) is 5.78 Å². The molecule has 0 unspecified atom stereocenters. The first-order valence-electron chi connectivity index (χ1n) is 6.82. The van der Waals surface area contributed by atoms with Gasteiger partial charge in [-0.1, -0.05) is 37.3 Å². The third-order valence-electron chi connectivity index (χ3n) is 3.59. The minimum atomic E-state index is -3.55. The van der Waals surface area contributed by atoms with Crippen LogP contribution in [0.1, 0.15) is 30.1 Å². The maximum absolute atomic E-state index is 12.1. The van der Waals surface area contributed by atoms with Crippen molar-refractivity contribution in [1.29, 1.82) is 0 Å². The SMILES string of the molecule is CC1CCN(S(=O)(=O)NCC(=O)c2ccccc2)CC1. The fourth-order valence-electron chi connectivity index (χ4n) is 2.20. The predicted octanol–water partition coefficient (Wildman–Crippen LogP) is 1.44. The van der Waals surface area contributed by atoms with E-state index in [-0.39, 0.29) is 12.3 Å². The Morgan fingerprint density at radius 1 is 1.25 bits per heavy atom. The highest BCUT2D eigenvalue weighted by atomic mass is 32.2. The van der Waals surface area contributed by atoms with Crippen LogP contribution in [0.3, 0.4) is 0 Å². The van der Waals surface area contributed by atoms with Crippen molar-refractivity contribution in [1.82, 2.24) is 9.03 Å². The Labute approximate surface area is 120 Å². The van der Waals surface area contributed by atoms with Gasteiger partial charge in [-0.25, -0.2) is 0 Å². The number of nitrogens with zero attached hydrogens (tertiary/aromatic N) is 1. The summed E-state index contributed by atoms with van der Waals surface area (Å²) in [6, 6.07) is 8.69. The van der Waals surface area contributed by atoms with Gasteiger partial charge in [0.25, 0.3) is 10.2 Å². The number of hydrogen-bond donors (Lipinski definition) is 1. The number of Topliss-reactive ketones (excluding diaryl/α,β-unsaturated/α-hetero) is 1. The highest BCUT2D eigenvalue weighted by Gasteiger charge is 2.26. The minimum Gasteiger partial charge on any atom is -0.293 e. The van der Waals surface area contributed by atoms with Crippen molar-refractivity contribution in [3.8, 4) is 0 Å². The number of hydrogen-bond acceptors (Lipinski definition) is 3. The largest absolute Gasteiger partial charge is 0.293 e. The molecular formula is C14H20N2O3S. The Kier molecular flexibility index (Phi) is 4.91. The van der Waals surface area contributed by atoms with Crippen molar-refractivity contribution in [3.05, 3.63) is 35.9 Å². The highest BCUT2D eigenvalue weighted by Crippen LogP contribution is 2.17. The Hall–Kier alpha value is -1.24. The van der Waals surface area contributed by atoms with Gasteiger partial charge in [0.1, 0.15) is 0 Å². The summed E-state index contributed by atoms with van der Waals surface area (Å²) < 4.78 is 28.0. The van der Waals surface area contributed by atoms with Gasteiger partial charge in [0.2, 0.25) is 0 Å². The van der Waals surface area contributed by atoms with Gasteiger partial charge in [0.05, 0.1) is 6.54 Å². The van der Waals surface area contributed by atoms with Gasteiger partial charge in [-0.3, -0.25) is 4.79 Å². The molecule has 1 N–H and O–H groups in total. The number of carbonyl (C=O) groups excluding carboxylic acids is 1. The Morgan fingerprint density at radius 3 is 2.45 bits per heavy atom. The quantitative estimate of drug-likeness (QED) is 0.836. The van der Waals surface area contributed by atoms with Gasteiger partial charge in [-0.15, -0.1) is 0 Å². The van der Waals surface area contributed by atoms with Crippen LogP contribution < -0.4 is 4.72 Å². The van der Waals surface area contributed by atoms with Crippen LogP contribution in [-0.2, 0) is 10.2 Å². The zero-order valence-electron chi connectivity index (χ0n) is 11.6. The van der Waals surface area contributed by atoms with Crippen LogP contribution in [0, 0.1) is 5.92 Å². The maximum Gasteiger partial charge on any atom is 0.279 e. The molecule has 0 radical (unpaired) electrons. The summed E-state index contributed by atoms with van der Waals surface area (Å²) in [5.74, 6) is 0.340. The first kappa shape index (κ1) is 15.2. The molecule has 1 aliphatic heterocycles. The molecule has 110 valence electrons. The van der Waals surface area contributed by atoms with Crippen LogP contribution in [-0.4, -0.2) is 38.1 Å². The smallest absolute Gasteiger partial charge is 0.279 e. The van der Waals surface area contributed by atoms with Gasteiger partial charge in [0, 0.05) is 18.7 Å². The van der Waals surface area contributed by atoms with Crippen molar-refractivity contribution in [2.45, 2.75) is 19.8 Å². The van der Waals surface area contributed by atoms with Crippen LogP contribution in [0.15, 0.2) is 30.3 Å². The lowest BCUT2D eigenvalue weighted by Gasteiger charge is -2.29. The van der Waals surface area contributed by atoms with E-state index in [0.717, 1.165) is 12.8 Å². The monoisotopic (exact) mass is 296 g/mol. The maximum atomic E-state index is 12.1. The van der Waals surface area contributed by atoms with E-state index in [4.69, 9.17) is 0 Å². The van der Waals surface area contributed by atoms with E-state index in [1.807, 2.05) is 6.07 Å². The molecule has 1 aromatic carbocycles. The predicted molar refractivity (Wildman–Crippen MR) is 77.7 cm³/mol. The van der Waals surface area contributed by atoms with E-state index in [2.05, 4.69) is 11.6 Å². The van der Waals surface area contributed by atoms with E-state index in [9.17, 15) is 13.2 Å². The summed E-state index contributed by atoms with van der Waals surface area (Å²) >= 11 is 0. The zero-order valence-corrected chi connectivity index (χ0v) is 12.4. The molecule has 1 aliphatic rings. The third-order valence-corrected chi connectivity index (χ3v) is 5.15. The second-order valence-electron chi connectivity index (χ2n) is 5.20. The van der Waals surface area contributed by atoms with E-state index < -0.39 is 10.2 Å². The van der Waals surface area contributed by atoms with Crippen LogP contribution >= 0.6 is 0 Å². The van der Waals surface area contributed by atoms with E-state index in [1.54, 1.807) is 24.3 Å². The fourth-order valence-corrected chi connectivity index (χ4v) is 3.39. The standard InChI is InChI=1S/C14H20N2O3S/c1-12-7-9-16(10-8-12)20(18,19)15-11-14(17)13-5-3-2-4-6-13/h2-6,12,15H,7-11H2,1H3. The zero-order chi connectivity index (χ0) is 14.6. The number of rotatable bonds is 5. The van der Waals surface area contributed by atoms with Gasteiger partial charge in [-0.2, -0.15) is 17.4 Å². The van der Waals surface area contributed by atoms with Crippen molar-refractivity contribution in [2.75, 3.05) is 19.6 Å². The lowest BCUT2D eigenvalue weighted by molar-refractivity contribution is 0.0996. The number of ketones is 1. The summed E-state index contributed by atoms with van der Waals surface area (Å²) in [6.45, 7) is 2.97. The number of nitrogens with one attached hydrogen (secondary N) is 1. The molecule has 1 heterocycles. The second-order valence-corrected chi connectivity index (χ2v) is 6.95. The number of benzene rings is 1. The number of piperidine rings is 1. The van der Waals surface area contributed by atoms with Crippen LogP contribution in [0.4, 0.5) is 0 Å². The summed E-state index contributed by atoms with van der Waals surface area (Å²) in [5, 5.41) is 0. The average Bonchev–Trinajstić information content (AvgIpc) is 2.46. The lowest BCUT2D eigenvalue weighted by atomic mass is 10.0.